The first-order valence-electron chi connectivity index (χ1n) is 16.4. The van der Waals surface area contributed by atoms with E-state index in [9.17, 15) is 0 Å². The Kier molecular flexibility index (Phi) is 6.53. The summed E-state index contributed by atoms with van der Waals surface area (Å²) >= 11 is 0. The average Bonchev–Trinajstić information content (AvgIpc) is 3.37. The van der Waals surface area contributed by atoms with E-state index in [-0.39, 0.29) is 5.41 Å². The van der Waals surface area contributed by atoms with Crippen LogP contribution in [0.3, 0.4) is 0 Å². The molecule has 0 saturated heterocycles. The molecule has 1 heterocycles. The lowest BCUT2D eigenvalue weighted by atomic mass is 9.80. The molecule has 1 aliphatic carbocycles. The number of benzene rings is 7. The van der Waals surface area contributed by atoms with Crippen molar-refractivity contribution in [3.05, 3.63) is 181 Å². The molecule has 0 spiro atoms. The Morgan fingerprint density at radius 2 is 1.09 bits per heavy atom. The molecule has 1 unspecified atom stereocenters. The summed E-state index contributed by atoms with van der Waals surface area (Å²) in [7, 11) is -0.884. The van der Waals surface area contributed by atoms with Crippen molar-refractivity contribution in [2.45, 2.75) is 19.3 Å². The zero-order valence-electron chi connectivity index (χ0n) is 26.6. The Bertz CT molecular complexity index is 2260. The van der Waals surface area contributed by atoms with Gasteiger partial charge in [0.25, 0.3) is 0 Å². The first kappa shape index (κ1) is 28.0. The molecule has 0 radical (unpaired) electrons. The fourth-order valence-corrected chi connectivity index (χ4v) is 10.5. The summed E-state index contributed by atoms with van der Waals surface area (Å²) in [6.45, 7) is 4.84. The maximum atomic E-state index is 2.54. The molecule has 224 valence electrons. The minimum absolute atomic E-state index is 0.180. The number of rotatable bonds is 4. The molecule has 9 rings (SSSR count). The van der Waals surface area contributed by atoms with Crippen molar-refractivity contribution in [3.63, 3.8) is 0 Å². The van der Waals surface area contributed by atoms with Gasteiger partial charge in [0, 0.05) is 27.3 Å². The van der Waals surface area contributed by atoms with Crippen LogP contribution >= 0.6 is 7.92 Å². The van der Waals surface area contributed by atoms with E-state index in [1.807, 2.05) is 0 Å². The number of hydrogen-bond donors (Lipinski definition) is 0. The van der Waals surface area contributed by atoms with Gasteiger partial charge < -0.3 is 4.90 Å². The van der Waals surface area contributed by atoms with Gasteiger partial charge in [-0.1, -0.05) is 153 Å². The van der Waals surface area contributed by atoms with E-state index in [1.165, 1.54) is 77.5 Å². The molecule has 0 aromatic heterocycles. The summed E-state index contributed by atoms with van der Waals surface area (Å²) < 4.78 is 0. The van der Waals surface area contributed by atoms with Gasteiger partial charge in [0.05, 0.1) is 11.4 Å². The van der Waals surface area contributed by atoms with E-state index in [0.717, 1.165) is 0 Å². The number of fused-ring (bicyclic) bond motifs is 6. The maximum Gasteiger partial charge on any atom is 0.0630 e. The Hall–Kier alpha value is -5.23. The number of nitrogens with zero attached hydrogens (tertiary/aromatic N) is 1. The minimum atomic E-state index is -0.884. The lowest BCUT2D eigenvalue weighted by molar-refractivity contribution is 0.661. The third kappa shape index (κ3) is 4.34. The van der Waals surface area contributed by atoms with Gasteiger partial charge >= 0.3 is 0 Å². The van der Waals surface area contributed by atoms with Crippen molar-refractivity contribution in [1.82, 2.24) is 0 Å². The van der Waals surface area contributed by atoms with Crippen LogP contribution in [-0.4, -0.2) is 0 Å². The van der Waals surface area contributed by atoms with Crippen LogP contribution in [0.15, 0.2) is 170 Å². The minimum Gasteiger partial charge on any atom is -0.309 e. The van der Waals surface area contributed by atoms with E-state index in [2.05, 4.69) is 189 Å². The second-order valence-corrected chi connectivity index (χ2v) is 15.1. The molecule has 1 atom stereocenters. The smallest absolute Gasteiger partial charge is 0.0630 e. The molecule has 0 bridgehead atoms. The summed E-state index contributed by atoms with van der Waals surface area (Å²) in [5, 5.41) is 4.22. The lowest BCUT2D eigenvalue weighted by Gasteiger charge is -2.41. The zero-order chi connectivity index (χ0) is 31.5. The predicted molar refractivity (Wildman–Crippen MR) is 202 cm³/mol. The fraction of sp³-hybridized carbons (Fsp3) is 0.0667. The van der Waals surface area contributed by atoms with Gasteiger partial charge in [0.15, 0.2) is 0 Å². The van der Waals surface area contributed by atoms with Crippen LogP contribution in [0.2, 0.25) is 0 Å². The summed E-state index contributed by atoms with van der Waals surface area (Å²) in [5.74, 6) is 0. The quantitative estimate of drug-likeness (QED) is 0.177. The van der Waals surface area contributed by atoms with E-state index < -0.39 is 7.92 Å². The summed E-state index contributed by atoms with van der Waals surface area (Å²) in [5.41, 5.74) is 14.2. The van der Waals surface area contributed by atoms with Crippen LogP contribution in [0.4, 0.5) is 17.1 Å². The number of hydrogen-bond acceptors (Lipinski definition) is 1. The van der Waals surface area contributed by atoms with Crippen LogP contribution in [0.1, 0.15) is 25.0 Å². The molecule has 2 heteroatoms. The van der Waals surface area contributed by atoms with Crippen molar-refractivity contribution >= 4 is 40.9 Å². The van der Waals surface area contributed by atoms with Gasteiger partial charge in [-0.3, -0.25) is 0 Å². The van der Waals surface area contributed by atoms with Gasteiger partial charge in [-0.2, -0.15) is 0 Å². The molecule has 2 aliphatic rings. The van der Waals surface area contributed by atoms with Gasteiger partial charge in [0.2, 0.25) is 0 Å². The second-order valence-electron chi connectivity index (χ2n) is 13.0. The highest BCUT2D eigenvalue weighted by Crippen LogP contribution is 2.59. The average molecular weight is 620 g/mol. The number of anilines is 3. The molecule has 0 N–H and O–H groups in total. The molecule has 0 amide bonds. The molecular formula is C45H34NP. The monoisotopic (exact) mass is 619 g/mol. The molecule has 7 aromatic carbocycles. The van der Waals surface area contributed by atoms with Crippen LogP contribution in [-0.2, 0) is 5.41 Å². The van der Waals surface area contributed by atoms with E-state index in [1.54, 1.807) is 0 Å². The van der Waals surface area contributed by atoms with Gasteiger partial charge in [-0.15, -0.1) is 0 Å². The van der Waals surface area contributed by atoms with Crippen LogP contribution < -0.4 is 20.8 Å². The van der Waals surface area contributed by atoms with E-state index in [0.29, 0.717) is 0 Å². The third-order valence-electron chi connectivity index (χ3n) is 9.94. The number of para-hydroxylation sites is 2. The van der Waals surface area contributed by atoms with Crippen LogP contribution in [0, 0.1) is 0 Å². The molecule has 0 fully saturated rings. The molecule has 47 heavy (non-hydrogen) atoms. The summed E-state index contributed by atoms with van der Waals surface area (Å²) in [6.07, 6.45) is 0. The van der Waals surface area contributed by atoms with Crippen LogP contribution in [0.5, 0.6) is 0 Å². The van der Waals surface area contributed by atoms with Crippen molar-refractivity contribution in [3.8, 4) is 33.4 Å². The summed E-state index contributed by atoms with van der Waals surface area (Å²) in [4.78, 5) is 2.54. The Morgan fingerprint density at radius 1 is 0.489 bits per heavy atom. The van der Waals surface area contributed by atoms with Gasteiger partial charge in [-0.05, 0) is 82.5 Å². The maximum absolute atomic E-state index is 2.54. The van der Waals surface area contributed by atoms with Crippen molar-refractivity contribution in [2.24, 2.45) is 0 Å². The Labute approximate surface area is 278 Å². The molecule has 1 nitrogen and oxygen atoms in total. The second kappa shape index (κ2) is 10.9. The standard InChI is InChI=1S/C45H34NP/c1-45(2)38-29-33(31-17-7-3-8-18-31)27-28-36(38)42-39(45)30-37(32-19-9-4-10-20-32)43-44(42)47(35-23-13-6-14-24-35)41-26-16-15-25-40(41)46(43)34-21-11-5-12-22-34/h3-30H,1-2H3. The largest absolute Gasteiger partial charge is 0.309 e. The third-order valence-corrected chi connectivity index (χ3v) is 12.5. The fourth-order valence-electron chi connectivity index (χ4n) is 7.71. The van der Waals surface area contributed by atoms with Gasteiger partial charge in [0.1, 0.15) is 0 Å². The predicted octanol–water partition coefficient (Wildman–Crippen LogP) is 10.9. The normalized spacial score (nSPS) is 15.4. The van der Waals surface area contributed by atoms with Crippen molar-refractivity contribution in [2.75, 3.05) is 4.90 Å². The van der Waals surface area contributed by atoms with Crippen molar-refractivity contribution < 1.29 is 0 Å². The van der Waals surface area contributed by atoms with E-state index >= 15 is 0 Å². The van der Waals surface area contributed by atoms with Gasteiger partial charge in [-0.25, -0.2) is 0 Å². The highest BCUT2D eigenvalue weighted by Gasteiger charge is 2.44. The molecule has 1 aliphatic heterocycles. The highest BCUT2D eigenvalue weighted by molar-refractivity contribution is 7.80. The first-order chi connectivity index (χ1) is 23.1. The highest BCUT2D eigenvalue weighted by atomic mass is 31.1. The molecule has 0 saturated carbocycles. The van der Waals surface area contributed by atoms with E-state index in [4.69, 9.17) is 0 Å². The molecular weight excluding hydrogens is 585 g/mol. The van der Waals surface area contributed by atoms with Crippen LogP contribution in [0.25, 0.3) is 33.4 Å². The zero-order valence-corrected chi connectivity index (χ0v) is 27.5. The first-order valence-corrected chi connectivity index (χ1v) is 17.7. The lowest BCUT2D eigenvalue weighted by Crippen LogP contribution is -2.36. The molecule has 7 aromatic rings. The Morgan fingerprint density at radius 3 is 1.79 bits per heavy atom. The van der Waals surface area contributed by atoms with Crippen molar-refractivity contribution in [1.29, 1.82) is 0 Å². The SMILES string of the molecule is CC1(C)c2cc(-c3ccccc3)ccc2-c2c1cc(-c1ccccc1)c1c2P(c2ccccc2)c2ccccc2N1c1ccccc1. The summed E-state index contributed by atoms with van der Waals surface area (Å²) in [6, 6.07) is 62.8. The topological polar surface area (TPSA) is 3.24 Å². The Balaban J connectivity index is 1.44.